The van der Waals surface area contributed by atoms with Crippen molar-refractivity contribution in [1.29, 1.82) is 0 Å². The number of anilines is 1. The molecule has 1 aliphatic rings. The smallest absolute Gasteiger partial charge is 0.336 e. The van der Waals surface area contributed by atoms with Gasteiger partial charge in [-0.15, -0.1) is 0 Å². The fourth-order valence-corrected chi connectivity index (χ4v) is 1.88. The second kappa shape index (κ2) is 6.62. The summed E-state index contributed by atoms with van der Waals surface area (Å²) in [6, 6.07) is 2.96. The van der Waals surface area contributed by atoms with E-state index in [4.69, 9.17) is 9.47 Å². The molecule has 1 saturated heterocycles. The van der Waals surface area contributed by atoms with Gasteiger partial charge in [0, 0.05) is 18.4 Å². The number of rotatable bonds is 4. The second-order valence-electron chi connectivity index (χ2n) is 4.70. The van der Waals surface area contributed by atoms with Crippen LogP contribution in [0.2, 0.25) is 0 Å². The number of hydrogen-bond donors (Lipinski definition) is 1. The molecule has 0 saturated carbocycles. The van der Waals surface area contributed by atoms with Gasteiger partial charge in [-0.25, -0.2) is 13.6 Å². The highest BCUT2D eigenvalue weighted by atomic mass is 19.2. The lowest BCUT2D eigenvalue weighted by molar-refractivity contribution is -0.162. The van der Waals surface area contributed by atoms with Crippen molar-refractivity contribution >= 4 is 17.6 Å². The predicted octanol–water partition coefficient (Wildman–Crippen LogP) is 2.01. The molecule has 114 valence electrons. The fourth-order valence-electron chi connectivity index (χ4n) is 1.88. The third-order valence-electron chi connectivity index (χ3n) is 3.04. The van der Waals surface area contributed by atoms with Crippen LogP contribution in [0.3, 0.4) is 0 Å². The summed E-state index contributed by atoms with van der Waals surface area (Å²) in [5.74, 6) is -3.31. The van der Waals surface area contributed by atoms with E-state index in [0.717, 1.165) is 18.6 Å². The summed E-state index contributed by atoms with van der Waals surface area (Å²) >= 11 is 0. The molecule has 2 atom stereocenters. The van der Waals surface area contributed by atoms with Crippen LogP contribution in [0.1, 0.15) is 19.8 Å². The van der Waals surface area contributed by atoms with Crippen LogP contribution < -0.4 is 5.32 Å². The van der Waals surface area contributed by atoms with E-state index in [2.05, 4.69) is 5.32 Å². The van der Waals surface area contributed by atoms with Gasteiger partial charge in [-0.3, -0.25) is 4.79 Å². The molecule has 0 unspecified atom stereocenters. The van der Waals surface area contributed by atoms with Gasteiger partial charge in [0.05, 0.1) is 0 Å². The van der Waals surface area contributed by atoms with E-state index in [9.17, 15) is 18.4 Å². The number of halogens is 2. The minimum Gasteiger partial charge on any atom is -0.451 e. The van der Waals surface area contributed by atoms with Crippen LogP contribution in [0.15, 0.2) is 18.2 Å². The molecule has 0 spiro atoms. The van der Waals surface area contributed by atoms with Crippen molar-refractivity contribution in [3.63, 3.8) is 0 Å². The molecule has 21 heavy (non-hydrogen) atoms. The molecule has 1 N–H and O–H groups in total. The van der Waals surface area contributed by atoms with E-state index >= 15 is 0 Å². The third kappa shape index (κ3) is 3.98. The van der Waals surface area contributed by atoms with E-state index < -0.39 is 35.7 Å². The van der Waals surface area contributed by atoms with Crippen LogP contribution in [-0.4, -0.2) is 30.7 Å². The minimum absolute atomic E-state index is 0.0823. The zero-order valence-corrected chi connectivity index (χ0v) is 11.4. The largest absolute Gasteiger partial charge is 0.451 e. The molecular weight excluding hydrogens is 284 g/mol. The Morgan fingerprint density at radius 2 is 2.14 bits per heavy atom. The quantitative estimate of drug-likeness (QED) is 0.864. The van der Waals surface area contributed by atoms with Gasteiger partial charge in [0.25, 0.3) is 5.91 Å². The number of carbonyl (C=O) groups excluding carboxylic acids is 2. The van der Waals surface area contributed by atoms with Crippen LogP contribution in [0.5, 0.6) is 0 Å². The Morgan fingerprint density at radius 3 is 2.76 bits per heavy atom. The van der Waals surface area contributed by atoms with E-state index in [1.54, 1.807) is 0 Å². The summed E-state index contributed by atoms with van der Waals surface area (Å²) in [7, 11) is 0. The van der Waals surface area contributed by atoms with Gasteiger partial charge >= 0.3 is 5.97 Å². The van der Waals surface area contributed by atoms with E-state index in [1.165, 1.54) is 13.0 Å². The minimum atomic E-state index is -1.07. The van der Waals surface area contributed by atoms with Gasteiger partial charge in [-0.2, -0.15) is 0 Å². The summed E-state index contributed by atoms with van der Waals surface area (Å²) in [6.45, 7) is 1.89. The highest BCUT2D eigenvalue weighted by Crippen LogP contribution is 2.16. The van der Waals surface area contributed by atoms with Crippen molar-refractivity contribution < 1.29 is 27.8 Å². The molecule has 1 fully saturated rings. The first-order valence-corrected chi connectivity index (χ1v) is 6.55. The maximum atomic E-state index is 13.0. The molecule has 2 rings (SSSR count). The lowest BCUT2D eigenvalue weighted by Gasteiger charge is -2.16. The molecule has 1 aliphatic heterocycles. The Morgan fingerprint density at radius 1 is 1.38 bits per heavy atom. The molecule has 1 aromatic carbocycles. The number of carbonyl (C=O) groups is 2. The zero-order chi connectivity index (χ0) is 15.4. The first-order valence-electron chi connectivity index (χ1n) is 6.55. The van der Waals surface area contributed by atoms with Crippen molar-refractivity contribution in [2.24, 2.45) is 0 Å². The number of benzene rings is 1. The van der Waals surface area contributed by atoms with Crippen molar-refractivity contribution in [2.45, 2.75) is 32.0 Å². The van der Waals surface area contributed by atoms with E-state index in [0.29, 0.717) is 13.0 Å². The standard InChI is InChI=1S/C14H15F2NO4/c1-8(21-14(19)12-3-2-6-20-12)13(18)17-9-4-5-10(15)11(16)7-9/h4-5,7-8,12H,2-3,6H2,1H3,(H,17,18)/t8-,12-/m1/s1. The summed E-state index contributed by atoms with van der Waals surface area (Å²) in [6.07, 6.45) is -0.357. The average molecular weight is 299 g/mol. The highest BCUT2D eigenvalue weighted by Gasteiger charge is 2.28. The molecule has 1 heterocycles. The van der Waals surface area contributed by atoms with Gasteiger partial charge < -0.3 is 14.8 Å². The van der Waals surface area contributed by atoms with Crippen LogP contribution in [0.25, 0.3) is 0 Å². The van der Waals surface area contributed by atoms with Gasteiger partial charge in [0.15, 0.2) is 23.8 Å². The maximum Gasteiger partial charge on any atom is 0.336 e. The van der Waals surface area contributed by atoms with E-state index in [-0.39, 0.29) is 5.69 Å². The lowest BCUT2D eigenvalue weighted by atomic mass is 10.2. The van der Waals surface area contributed by atoms with Gasteiger partial charge in [0.1, 0.15) is 0 Å². The van der Waals surface area contributed by atoms with Crippen LogP contribution in [0.4, 0.5) is 14.5 Å². The van der Waals surface area contributed by atoms with Gasteiger partial charge in [0.2, 0.25) is 0 Å². The molecule has 1 aromatic rings. The van der Waals surface area contributed by atoms with Gasteiger partial charge in [-0.1, -0.05) is 0 Å². The molecule has 7 heteroatoms. The van der Waals surface area contributed by atoms with Crippen molar-refractivity contribution in [1.82, 2.24) is 0 Å². The zero-order valence-electron chi connectivity index (χ0n) is 11.4. The molecule has 0 radical (unpaired) electrons. The predicted molar refractivity (Wildman–Crippen MR) is 69.5 cm³/mol. The summed E-state index contributed by atoms with van der Waals surface area (Å²) in [5, 5.41) is 2.34. The number of nitrogens with one attached hydrogen (secondary N) is 1. The molecule has 0 bridgehead atoms. The van der Waals surface area contributed by atoms with Crippen molar-refractivity contribution in [2.75, 3.05) is 11.9 Å². The number of hydrogen-bond acceptors (Lipinski definition) is 4. The van der Waals surface area contributed by atoms with E-state index in [1.807, 2.05) is 0 Å². The molecule has 5 nitrogen and oxygen atoms in total. The summed E-state index contributed by atoms with van der Waals surface area (Å²) in [4.78, 5) is 23.5. The third-order valence-corrected chi connectivity index (χ3v) is 3.04. The van der Waals surface area contributed by atoms with Crippen molar-refractivity contribution in [3.8, 4) is 0 Å². The summed E-state index contributed by atoms with van der Waals surface area (Å²) in [5.41, 5.74) is 0.0823. The average Bonchev–Trinajstić information content (AvgIpc) is 2.97. The monoisotopic (exact) mass is 299 g/mol. The van der Waals surface area contributed by atoms with Gasteiger partial charge in [-0.05, 0) is 31.9 Å². The molecule has 1 amide bonds. The Labute approximate surface area is 120 Å². The first-order chi connectivity index (χ1) is 9.97. The van der Waals surface area contributed by atoms with Crippen LogP contribution in [-0.2, 0) is 19.1 Å². The van der Waals surface area contributed by atoms with Crippen LogP contribution in [0, 0.1) is 11.6 Å². The Kier molecular flexibility index (Phi) is 4.85. The number of esters is 1. The Bertz CT molecular complexity index is 544. The van der Waals surface area contributed by atoms with Crippen molar-refractivity contribution in [3.05, 3.63) is 29.8 Å². The molecule has 0 aliphatic carbocycles. The Balaban J connectivity index is 1.89. The highest BCUT2D eigenvalue weighted by molar-refractivity contribution is 5.95. The lowest BCUT2D eigenvalue weighted by Crippen LogP contribution is -2.34. The fraction of sp³-hybridized carbons (Fsp3) is 0.429. The maximum absolute atomic E-state index is 13.0. The summed E-state index contributed by atoms with van der Waals surface area (Å²) < 4.78 is 35.9. The molecule has 0 aromatic heterocycles. The van der Waals surface area contributed by atoms with Crippen LogP contribution >= 0.6 is 0 Å². The normalized spacial score (nSPS) is 19.1. The number of amides is 1. The Hall–Kier alpha value is -2.02. The number of ether oxygens (including phenoxy) is 2. The first kappa shape index (κ1) is 15.4. The second-order valence-corrected chi connectivity index (χ2v) is 4.70. The SMILES string of the molecule is C[C@@H](OC(=O)[C@H]1CCCO1)C(=O)Nc1ccc(F)c(F)c1. The topological polar surface area (TPSA) is 64.6 Å². The molecular formula is C14H15F2NO4.